The fourth-order valence-electron chi connectivity index (χ4n) is 12.7. The van der Waals surface area contributed by atoms with Gasteiger partial charge in [0.25, 0.3) is 0 Å². The molecule has 0 radical (unpaired) electrons. The molecule has 1 N–H and O–H groups in total. The fourth-order valence-corrected chi connectivity index (χ4v) is 12.7. The van der Waals surface area contributed by atoms with Crippen LogP contribution in [0.25, 0.3) is 0 Å². The molecule has 2 heteroatoms. The molecule has 4 rings (SSSR count). The summed E-state index contributed by atoms with van der Waals surface area (Å²) in [4.78, 5) is 15.3. The monoisotopic (exact) mass is 765 g/mol. The molecule has 2 nitrogen and oxygen atoms in total. The second-order valence-electron chi connectivity index (χ2n) is 20.1. The Morgan fingerprint density at radius 1 is 0.327 bits per heavy atom. The molecule has 0 aliphatic heterocycles. The van der Waals surface area contributed by atoms with Crippen LogP contribution in [-0.4, -0.2) is 11.1 Å². The highest BCUT2D eigenvalue weighted by Crippen LogP contribution is 2.57. The van der Waals surface area contributed by atoms with Crippen molar-refractivity contribution >= 4 is 5.97 Å². The normalized spacial score (nSPS) is 25.8. The van der Waals surface area contributed by atoms with Crippen LogP contribution in [0.5, 0.6) is 0 Å². The lowest BCUT2D eigenvalue weighted by molar-refractivity contribution is -0.156. The largest absolute Gasteiger partial charge is 0.481 e. The van der Waals surface area contributed by atoms with Gasteiger partial charge in [0.05, 0.1) is 5.41 Å². The van der Waals surface area contributed by atoms with Crippen molar-refractivity contribution in [2.75, 3.05) is 0 Å². The zero-order valence-corrected chi connectivity index (χ0v) is 37.3. The molecule has 55 heavy (non-hydrogen) atoms. The van der Waals surface area contributed by atoms with Gasteiger partial charge in [0.2, 0.25) is 0 Å². The molecule has 0 spiro atoms. The quantitative estimate of drug-likeness (QED) is 0.274. The topological polar surface area (TPSA) is 37.3 Å². The van der Waals surface area contributed by atoms with E-state index in [0.29, 0.717) is 23.7 Å². The van der Waals surface area contributed by atoms with E-state index < -0.39 is 5.41 Å². The number of allylic oxidation sites excluding steroid dienone is 1. The first-order chi connectivity index (χ1) is 27.2. The third-order valence-corrected chi connectivity index (χ3v) is 16.0. The minimum absolute atomic E-state index is 0.292. The molecule has 0 unspecified atom stereocenters. The SMILES string of the molecule is CC(=C(C1CCCCCCCCCCC1)C(C(=O)O)(C1CCCCCCCCCCC1)C1CCCCCCCCCCC1)C1CCCCCCCCCCC1. The predicted octanol–water partition coefficient (Wildman–Crippen LogP) is 18.1. The highest BCUT2D eigenvalue weighted by atomic mass is 16.4. The van der Waals surface area contributed by atoms with E-state index in [1.54, 1.807) is 11.1 Å². The number of carboxylic acid groups (broad SMARTS) is 1. The Morgan fingerprint density at radius 3 is 0.764 bits per heavy atom. The van der Waals surface area contributed by atoms with E-state index in [2.05, 4.69) is 6.92 Å². The summed E-state index contributed by atoms with van der Waals surface area (Å²) in [5, 5.41) is 12.6. The number of carboxylic acids is 1. The van der Waals surface area contributed by atoms with Gasteiger partial charge in [-0.05, 0) is 82.0 Å². The minimum atomic E-state index is -0.691. The van der Waals surface area contributed by atoms with E-state index in [0.717, 1.165) is 25.7 Å². The van der Waals surface area contributed by atoms with Crippen molar-refractivity contribution in [3.63, 3.8) is 0 Å². The zero-order chi connectivity index (χ0) is 38.7. The van der Waals surface area contributed by atoms with E-state index in [9.17, 15) is 5.11 Å². The summed E-state index contributed by atoms with van der Waals surface area (Å²) in [6.45, 7) is 2.57. The summed E-state index contributed by atoms with van der Waals surface area (Å²) in [5.41, 5.74) is 2.53. The van der Waals surface area contributed by atoms with Crippen molar-refractivity contribution < 1.29 is 9.90 Å². The van der Waals surface area contributed by atoms with E-state index >= 15 is 4.79 Å². The molecule has 4 saturated carbocycles. The molecule has 0 aromatic carbocycles. The molecule has 0 heterocycles. The maximum Gasteiger partial charge on any atom is 0.314 e. The first-order valence-corrected chi connectivity index (χ1v) is 26.1. The summed E-state index contributed by atoms with van der Waals surface area (Å²) in [6.07, 6.45) is 58.4. The van der Waals surface area contributed by atoms with Gasteiger partial charge < -0.3 is 5.11 Å². The van der Waals surface area contributed by atoms with Crippen LogP contribution < -0.4 is 0 Å². The number of hydrogen-bond acceptors (Lipinski definition) is 1. The smallest absolute Gasteiger partial charge is 0.314 e. The number of hydrogen-bond donors (Lipinski definition) is 1. The van der Waals surface area contributed by atoms with Crippen molar-refractivity contribution in [1.29, 1.82) is 0 Å². The molecule has 0 saturated heterocycles. The molecule has 4 fully saturated rings. The molecule has 0 amide bonds. The molecule has 0 atom stereocenters. The molecular formula is C53H96O2. The lowest BCUT2D eigenvalue weighted by Crippen LogP contribution is -2.49. The Morgan fingerprint density at radius 2 is 0.527 bits per heavy atom. The standard InChI is InChI=1S/C53H96O2/c1-46(47-38-30-22-14-6-2-7-15-23-31-39-47)51(48-40-32-24-16-8-3-9-17-25-33-41-48)53(52(54)55,49-42-34-26-18-10-4-11-19-27-35-43-49)50-44-36-28-20-12-5-13-21-29-37-45-50/h47-50H,2-45H2,1H3,(H,54,55). The van der Waals surface area contributed by atoms with Crippen LogP contribution in [0.3, 0.4) is 0 Å². The van der Waals surface area contributed by atoms with Crippen LogP contribution in [0.1, 0.15) is 289 Å². The molecule has 0 aromatic heterocycles. The van der Waals surface area contributed by atoms with Crippen molar-refractivity contribution in [3.05, 3.63) is 11.1 Å². The molecule has 4 aliphatic rings. The Hall–Kier alpha value is -0.790. The van der Waals surface area contributed by atoms with Gasteiger partial charge in [0.1, 0.15) is 0 Å². The van der Waals surface area contributed by atoms with Gasteiger partial charge in [-0.2, -0.15) is 0 Å². The van der Waals surface area contributed by atoms with Gasteiger partial charge >= 0.3 is 5.97 Å². The third kappa shape index (κ3) is 16.8. The lowest BCUT2D eigenvalue weighted by Gasteiger charge is -2.50. The van der Waals surface area contributed by atoms with Gasteiger partial charge in [0.15, 0.2) is 0 Å². The first kappa shape index (κ1) is 46.9. The van der Waals surface area contributed by atoms with Gasteiger partial charge in [-0.3, -0.25) is 4.79 Å². The lowest BCUT2D eigenvalue weighted by atomic mass is 9.53. The van der Waals surface area contributed by atoms with Crippen LogP contribution in [-0.2, 0) is 4.79 Å². The van der Waals surface area contributed by atoms with Crippen molar-refractivity contribution in [2.24, 2.45) is 29.1 Å². The highest BCUT2D eigenvalue weighted by Gasteiger charge is 2.55. The maximum atomic E-state index is 15.3. The summed E-state index contributed by atoms with van der Waals surface area (Å²) in [6, 6.07) is 0. The van der Waals surface area contributed by atoms with Crippen molar-refractivity contribution in [2.45, 2.75) is 289 Å². The van der Waals surface area contributed by atoms with Crippen molar-refractivity contribution in [3.8, 4) is 0 Å². The predicted molar refractivity (Wildman–Crippen MR) is 240 cm³/mol. The van der Waals surface area contributed by atoms with E-state index in [-0.39, 0.29) is 5.97 Å². The highest BCUT2D eigenvalue weighted by molar-refractivity contribution is 5.80. The fraction of sp³-hybridized carbons (Fsp3) is 0.943. The Balaban J connectivity index is 1.91. The van der Waals surface area contributed by atoms with Crippen molar-refractivity contribution in [1.82, 2.24) is 0 Å². The molecular weight excluding hydrogens is 669 g/mol. The summed E-state index contributed by atoms with van der Waals surface area (Å²) < 4.78 is 0. The second kappa shape index (κ2) is 29.4. The third-order valence-electron chi connectivity index (χ3n) is 16.0. The summed E-state index contributed by atoms with van der Waals surface area (Å²) in [5.74, 6) is 1.25. The number of rotatable bonds is 6. The van der Waals surface area contributed by atoms with Crippen LogP contribution in [0.15, 0.2) is 11.1 Å². The van der Waals surface area contributed by atoms with E-state index in [1.165, 1.54) is 257 Å². The van der Waals surface area contributed by atoms with Gasteiger partial charge in [0, 0.05) is 0 Å². The van der Waals surface area contributed by atoms with E-state index in [4.69, 9.17) is 0 Å². The Bertz CT molecular complexity index is 916. The first-order valence-electron chi connectivity index (χ1n) is 26.1. The number of carbonyl (C=O) groups is 1. The second-order valence-corrected chi connectivity index (χ2v) is 20.1. The Labute approximate surface area is 344 Å². The molecule has 0 bridgehead atoms. The van der Waals surface area contributed by atoms with E-state index in [1.807, 2.05) is 0 Å². The molecule has 320 valence electrons. The summed E-state index contributed by atoms with van der Waals surface area (Å²) >= 11 is 0. The molecule has 4 aliphatic carbocycles. The molecule has 0 aromatic rings. The zero-order valence-electron chi connectivity index (χ0n) is 37.3. The van der Waals surface area contributed by atoms with Crippen LogP contribution in [0.4, 0.5) is 0 Å². The summed E-state index contributed by atoms with van der Waals surface area (Å²) in [7, 11) is 0. The van der Waals surface area contributed by atoms with Crippen LogP contribution in [0, 0.1) is 29.1 Å². The average Bonchev–Trinajstić information content (AvgIpc) is 3.15. The average molecular weight is 765 g/mol. The maximum absolute atomic E-state index is 15.3. The van der Waals surface area contributed by atoms with Gasteiger partial charge in [-0.25, -0.2) is 0 Å². The van der Waals surface area contributed by atoms with Gasteiger partial charge in [-0.15, -0.1) is 0 Å². The minimum Gasteiger partial charge on any atom is -0.481 e. The van der Waals surface area contributed by atoms with Gasteiger partial charge in [-0.1, -0.05) is 242 Å². The van der Waals surface area contributed by atoms with Crippen LogP contribution >= 0.6 is 0 Å². The Kier molecular flexibility index (Phi) is 25.1. The van der Waals surface area contributed by atoms with Crippen LogP contribution in [0.2, 0.25) is 0 Å². The number of aliphatic carboxylic acids is 1.